The summed E-state index contributed by atoms with van der Waals surface area (Å²) in [6.45, 7) is 3.59. The molecule has 0 radical (unpaired) electrons. The van der Waals surface area contributed by atoms with Gasteiger partial charge in [0.2, 0.25) is 0 Å². The van der Waals surface area contributed by atoms with Gasteiger partial charge in [0, 0.05) is 29.9 Å². The van der Waals surface area contributed by atoms with Crippen molar-refractivity contribution >= 4 is 28.9 Å². The number of hydrogen-bond acceptors (Lipinski definition) is 4. The summed E-state index contributed by atoms with van der Waals surface area (Å²) in [5.41, 5.74) is 2.39. The van der Waals surface area contributed by atoms with E-state index in [0.717, 1.165) is 30.1 Å². The van der Waals surface area contributed by atoms with Crippen LogP contribution in [0.25, 0.3) is 0 Å². The number of thiophene rings is 1. The molecule has 1 aromatic heterocycles. The SMILES string of the molecule is CC(=O)OCC(c1ccccc1Cl)N1CCc2sccc2C1. The molecule has 0 bridgehead atoms. The number of nitrogens with zero attached hydrogens (tertiary/aromatic N) is 1. The summed E-state index contributed by atoms with van der Waals surface area (Å²) in [6, 6.07) is 9.97. The van der Waals surface area contributed by atoms with Crippen LogP contribution in [0.2, 0.25) is 5.02 Å². The molecule has 0 fully saturated rings. The maximum Gasteiger partial charge on any atom is 0.302 e. The summed E-state index contributed by atoms with van der Waals surface area (Å²) in [6.07, 6.45) is 1.04. The molecule has 1 unspecified atom stereocenters. The quantitative estimate of drug-likeness (QED) is 0.789. The van der Waals surface area contributed by atoms with E-state index < -0.39 is 0 Å². The minimum atomic E-state index is -0.259. The lowest BCUT2D eigenvalue weighted by Gasteiger charge is -2.34. The van der Waals surface area contributed by atoms with Crippen molar-refractivity contribution < 1.29 is 9.53 Å². The van der Waals surface area contributed by atoms with Gasteiger partial charge in [0.15, 0.2) is 0 Å². The molecule has 2 aromatic rings. The molecule has 116 valence electrons. The first-order valence-electron chi connectivity index (χ1n) is 7.32. The van der Waals surface area contributed by atoms with Crippen LogP contribution in [-0.4, -0.2) is 24.0 Å². The van der Waals surface area contributed by atoms with E-state index in [-0.39, 0.29) is 12.0 Å². The third-order valence-electron chi connectivity index (χ3n) is 3.99. The van der Waals surface area contributed by atoms with Gasteiger partial charge in [-0.2, -0.15) is 0 Å². The minimum absolute atomic E-state index is 0.00866. The first-order chi connectivity index (χ1) is 10.6. The smallest absolute Gasteiger partial charge is 0.302 e. The number of fused-ring (bicyclic) bond motifs is 1. The zero-order valence-corrected chi connectivity index (χ0v) is 14.0. The molecule has 0 aliphatic carbocycles. The number of carbonyl (C=O) groups excluding carboxylic acids is 1. The Bertz CT molecular complexity index is 670. The van der Waals surface area contributed by atoms with Crippen molar-refractivity contribution in [1.29, 1.82) is 0 Å². The Labute approximate surface area is 139 Å². The fraction of sp³-hybridized carbons (Fsp3) is 0.353. The Morgan fingerprint density at radius 1 is 1.41 bits per heavy atom. The second kappa shape index (κ2) is 6.82. The molecule has 22 heavy (non-hydrogen) atoms. The Kier molecular flexibility index (Phi) is 4.81. The highest BCUT2D eigenvalue weighted by Gasteiger charge is 2.27. The first kappa shape index (κ1) is 15.5. The lowest BCUT2D eigenvalue weighted by molar-refractivity contribution is -0.143. The van der Waals surface area contributed by atoms with E-state index in [2.05, 4.69) is 16.3 Å². The fourth-order valence-corrected chi connectivity index (χ4v) is 4.02. The van der Waals surface area contributed by atoms with Crippen molar-refractivity contribution in [2.24, 2.45) is 0 Å². The molecular formula is C17H18ClNO2S. The van der Waals surface area contributed by atoms with Gasteiger partial charge in [0.1, 0.15) is 6.61 Å². The van der Waals surface area contributed by atoms with Gasteiger partial charge in [-0.05, 0) is 35.1 Å². The van der Waals surface area contributed by atoms with Gasteiger partial charge >= 0.3 is 5.97 Å². The monoisotopic (exact) mass is 335 g/mol. The minimum Gasteiger partial charge on any atom is -0.464 e. The molecule has 3 nitrogen and oxygen atoms in total. The van der Waals surface area contributed by atoms with Crippen molar-refractivity contribution in [2.45, 2.75) is 25.9 Å². The standard InChI is InChI=1S/C17H18ClNO2S/c1-12(20)21-11-16(14-4-2-3-5-15(14)18)19-8-6-17-13(10-19)7-9-22-17/h2-5,7,9,16H,6,8,10-11H2,1H3. The second-order valence-corrected chi connectivity index (χ2v) is 6.84. The molecule has 3 rings (SSSR count). The number of rotatable bonds is 4. The largest absolute Gasteiger partial charge is 0.464 e. The molecule has 5 heteroatoms. The maximum absolute atomic E-state index is 11.2. The van der Waals surface area contributed by atoms with E-state index in [9.17, 15) is 4.79 Å². The Balaban J connectivity index is 1.86. The molecule has 1 aliphatic heterocycles. The van der Waals surface area contributed by atoms with Gasteiger partial charge in [-0.25, -0.2) is 0 Å². The highest BCUT2D eigenvalue weighted by atomic mass is 35.5. The lowest BCUT2D eigenvalue weighted by atomic mass is 10.0. The molecule has 1 aromatic carbocycles. The molecule has 0 saturated carbocycles. The summed E-state index contributed by atoms with van der Waals surface area (Å²) in [4.78, 5) is 15.0. The second-order valence-electron chi connectivity index (χ2n) is 5.43. The van der Waals surface area contributed by atoms with Gasteiger partial charge in [-0.3, -0.25) is 9.69 Å². The number of hydrogen-bond donors (Lipinski definition) is 0. The van der Waals surface area contributed by atoms with E-state index in [1.54, 1.807) is 0 Å². The van der Waals surface area contributed by atoms with Crippen molar-refractivity contribution in [3.63, 3.8) is 0 Å². The van der Waals surface area contributed by atoms with E-state index in [4.69, 9.17) is 16.3 Å². The third-order valence-corrected chi connectivity index (χ3v) is 5.35. The van der Waals surface area contributed by atoms with E-state index in [1.807, 2.05) is 35.6 Å². The van der Waals surface area contributed by atoms with E-state index in [1.165, 1.54) is 17.4 Å². The zero-order valence-electron chi connectivity index (χ0n) is 12.4. The highest BCUT2D eigenvalue weighted by molar-refractivity contribution is 7.10. The third kappa shape index (κ3) is 3.35. The average Bonchev–Trinajstić information content (AvgIpc) is 2.96. The van der Waals surface area contributed by atoms with E-state index in [0.29, 0.717) is 6.61 Å². The molecule has 1 atom stereocenters. The average molecular weight is 336 g/mol. The number of carbonyl (C=O) groups is 1. The van der Waals surface area contributed by atoms with Crippen molar-refractivity contribution in [1.82, 2.24) is 4.90 Å². The lowest BCUT2D eigenvalue weighted by Crippen LogP contribution is -2.36. The Morgan fingerprint density at radius 2 is 2.23 bits per heavy atom. The summed E-state index contributed by atoms with van der Waals surface area (Å²) >= 11 is 8.19. The molecule has 1 aliphatic rings. The van der Waals surface area contributed by atoms with Crippen LogP contribution in [-0.2, 0) is 22.5 Å². The van der Waals surface area contributed by atoms with E-state index >= 15 is 0 Å². The molecule has 0 spiro atoms. The van der Waals surface area contributed by atoms with Gasteiger partial charge < -0.3 is 4.74 Å². The number of ether oxygens (including phenoxy) is 1. The number of halogens is 1. The van der Waals surface area contributed by atoms with Crippen molar-refractivity contribution in [2.75, 3.05) is 13.2 Å². The van der Waals surface area contributed by atoms with Crippen LogP contribution in [0.4, 0.5) is 0 Å². The topological polar surface area (TPSA) is 29.5 Å². The number of benzene rings is 1. The first-order valence-corrected chi connectivity index (χ1v) is 8.58. The summed E-state index contributed by atoms with van der Waals surface area (Å²) in [5.74, 6) is -0.259. The summed E-state index contributed by atoms with van der Waals surface area (Å²) in [5, 5.41) is 2.86. The maximum atomic E-state index is 11.2. The van der Waals surface area contributed by atoms with Crippen LogP contribution >= 0.6 is 22.9 Å². The summed E-state index contributed by atoms with van der Waals surface area (Å²) in [7, 11) is 0. The molecule has 0 N–H and O–H groups in total. The van der Waals surface area contributed by atoms with Crippen molar-refractivity contribution in [3.8, 4) is 0 Å². The van der Waals surface area contributed by atoms with Crippen LogP contribution in [0.3, 0.4) is 0 Å². The fourth-order valence-electron chi connectivity index (χ4n) is 2.87. The molecular weight excluding hydrogens is 318 g/mol. The Hall–Kier alpha value is -1.36. The van der Waals surface area contributed by atoms with Gasteiger partial charge in [0.05, 0.1) is 6.04 Å². The van der Waals surface area contributed by atoms with Crippen LogP contribution in [0, 0.1) is 0 Å². The zero-order chi connectivity index (χ0) is 15.5. The number of esters is 1. The van der Waals surface area contributed by atoms with Gasteiger partial charge in [-0.1, -0.05) is 29.8 Å². The van der Waals surface area contributed by atoms with Gasteiger partial charge in [-0.15, -0.1) is 11.3 Å². The predicted molar refractivity (Wildman–Crippen MR) is 89.3 cm³/mol. The van der Waals surface area contributed by atoms with Gasteiger partial charge in [0.25, 0.3) is 0 Å². The normalized spacial score (nSPS) is 16.1. The Morgan fingerprint density at radius 3 is 3.00 bits per heavy atom. The van der Waals surface area contributed by atoms with Crippen LogP contribution in [0.5, 0.6) is 0 Å². The van der Waals surface area contributed by atoms with Crippen molar-refractivity contribution in [3.05, 3.63) is 56.7 Å². The van der Waals surface area contributed by atoms with Crippen LogP contribution in [0.1, 0.15) is 29.0 Å². The van der Waals surface area contributed by atoms with Crippen LogP contribution in [0.15, 0.2) is 35.7 Å². The summed E-state index contributed by atoms with van der Waals surface area (Å²) < 4.78 is 5.30. The highest BCUT2D eigenvalue weighted by Crippen LogP contribution is 2.33. The molecule has 0 saturated heterocycles. The molecule has 2 heterocycles. The molecule has 0 amide bonds. The van der Waals surface area contributed by atoms with Crippen LogP contribution < -0.4 is 0 Å². The predicted octanol–water partition coefficient (Wildman–Crippen LogP) is 4.06.